The van der Waals surface area contributed by atoms with Gasteiger partial charge in [-0.15, -0.1) is 0 Å². The van der Waals surface area contributed by atoms with Crippen molar-refractivity contribution in [3.63, 3.8) is 0 Å². The minimum Gasteiger partial charge on any atom is -0.211 e. The number of carbonyl (C=O) groups excluding carboxylic acids is 1. The van der Waals surface area contributed by atoms with Crippen LogP contribution in [-0.4, -0.2) is 6.08 Å². The van der Waals surface area contributed by atoms with Gasteiger partial charge in [0.25, 0.3) is 0 Å². The second-order valence-electron chi connectivity index (χ2n) is 5.10. The summed E-state index contributed by atoms with van der Waals surface area (Å²) in [5.74, 6) is -0.128. The van der Waals surface area contributed by atoms with Gasteiger partial charge in [0, 0.05) is 0 Å². The van der Waals surface area contributed by atoms with Gasteiger partial charge in [0.2, 0.25) is 6.08 Å². The number of halogens is 2. The first kappa shape index (κ1) is 13.4. The van der Waals surface area contributed by atoms with E-state index in [1.165, 1.54) is 0 Å². The zero-order chi connectivity index (χ0) is 13.3. The zero-order valence-corrected chi connectivity index (χ0v) is 12.1. The average Bonchev–Trinajstić information content (AvgIpc) is 2.26. The summed E-state index contributed by atoms with van der Waals surface area (Å²) in [5.41, 5.74) is 1.10. The third-order valence-electron chi connectivity index (χ3n) is 3.66. The molecule has 0 spiro atoms. The summed E-state index contributed by atoms with van der Waals surface area (Å²) in [6, 6.07) is 3.58. The summed E-state index contributed by atoms with van der Waals surface area (Å²) in [5, 5.41) is 0. The Balaban J connectivity index is 2.55. The third-order valence-corrected chi connectivity index (χ3v) is 4.23. The molecule has 0 saturated heterocycles. The van der Waals surface area contributed by atoms with Gasteiger partial charge in [-0.1, -0.05) is 19.9 Å². The lowest BCUT2D eigenvalue weighted by atomic mass is 9.72. The van der Waals surface area contributed by atoms with Gasteiger partial charge in [0.15, 0.2) is 0 Å². The molecule has 4 heteroatoms. The van der Waals surface area contributed by atoms with E-state index in [1.54, 1.807) is 12.1 Å². The van der Waals surface area contributed by atoms with Crippen LogP contribution in [-0.2, 0) is 10.3 Å². The molecule has 96 valence electrons. The van der Waals surface area contributed by atoms with Gasteiger partial charge in [-0.25, -0.2) is 9.18 Å². The minimum absolute atomic E-state index is 0.0959. The van der Waals surface area contributed by atoms with Gasteiger partial charge in [-0.05, 0) is 58.3 Å². The normalized spacial score (nSPS) is 17.2. The number of benzene rings is 1. The molecule has 1 aromatic carbocycles. The Bertz CT molecular complexity index is 517. The van der Waals surface area contributed by atoms with E-state index < -0.39 is 5.54 Å². The van der Waals surface area contributed by atoms with E-state index in [4.69, 9.17) is 0 Å². The molecule has 1 aliphatic carbocycles. The fraction of sp³-hybridized carbons (Fsp3) is 0.500. The van der Waals surface area contributed by atoms with Crippen LogP contribution in [0, 0.1) is 5.82 Å². The molecule has 2 rings (SSSR count). The largest absolute Gasteiger partial charge is 0.235 e. The summed E-state index contributed by atoms with van der Waals surface area (Å²) in [6.07, 6.45) is 4.36. The van der Waals surface area contributed by atoms with Crippen molar-refractivity contribution in [2.75, 3.05) is 0 Å². The Morgan fingerprint density at radius 2 is 2.11 bits per heavy atom. The number of rotatable bonds is 3. The first-order valence-corrected chi connectivity index (χ1v) is 6.88. The number of aliphatic imine (C=N–C) groups is 1. The Morgan fingerprint density at radius 1 is 1.44 bits per heavy atom. The highest BCUT2D eigenvalue weighted by Crippen LogP contribution is 2.46. The van der Waals surface area contributed by atoms with Gasteiger partial charge in [0.05, 0.1) is 10.0 Å². The third kappa shape index (κ3) is 2.15. The van der Waals surface area contributed by atoms with Crippen LogP contribution in [0.15, 0.2) is 21.6 Å². The molecule has 1 saturated carbocycles. The number of isocyanates is 1. The summed E-state index contributed by atoms with van der Waals surface area (Å²) >= 11 is 3.25. The van der Waals surface area contributed by atoms with Crippen LogP contribution in [0.2, 0.25) is 0 Å². The smallest absolute Gasteiger partial charge is 0.211 e. The topological polar surface area (TPSA) is 29.4 Å². The highest BCUT2D eigenvalue weighted by atomic mass is 79.9. The van der Waals surface area contributed by atoms with E-state index in [1.807, 2.05) is 19.9 Å². The van der Waals surface area contributed by atoms with Gasteiger partial charge >= 0.3 is 0 Å². The molecule has 0 amide bonds. The van der Waals surface area contributed by atoms with E-state index in [9.17, 15) is 9.18 Å². The van der Waals surface area contributed by atoms with Crippen molar-refractivity contribution in [2.45, 2.75) is 44.6 Å². The van der Waals surface area contributed by atoms with Crippen LogP contribution >= 0.6 is 15.9 Å². The predicted molar refractivity (Wildman–Crippen MR) is 71.8 cm³/mol. The summed E-state index contributed by atoms with van der Waals surface area (Å²) in [7, 11) is 0. The molecular weight excluding hydrogens is 297 g/mol. The van der Waals surface area contributed by atoms with Crippen LogP contribution in [0.3, 0.4) is 0 Å². The Morgan fingerprint density at radius 3 is 2.56 bits per heavy atom. The first-order chi connectivity index (χ1) is 8.50. The van der Waals surface area contributed by atoms with Crippen LogP contribution in [0.5, 0.6) is 0 Å². The van der Waals surface area contributed by atoms with Crippen molar-refractivity contribution >= 4 is 22.0 Å². The van der Waals surface area contributed by atoms with Crippen LogP contribution in [0.4, 0.5) is 4.39 Å². The molecular formula is C14H15BrFNO. The molecule has 0 aromatic heterocycles. The maximum atomic E-state index is 14.0. The quantitative estimate of drug-likeness (QED) is 0.600. The van der Waals surface area contributed by atoms with Crippen molar-refractivity contribution in [1.29, 1.82) is 0 Å². The van der Waals surface area contributed by atoms with Crippen LogP contribution < -0.4 is 0 Å². The maximum absolute atomic E-state index is 14.0. The molecule has 1 aliphatic rings. The van der Waals surface area contributed by atoms with E-state index in [-0.39, 0.29) is 11.7 Å². The van der Waals surface area contributed by atoms with Gasteiger partial charge in [-0.3, -0.25) is 0 Å². The SMILES string of the molecule is CC(C)c1cc(C2(N=C=O)CCC2)cc(Br)c1F. The van der Waals surface area contributed by atoms with E-state index in [0.717, 1.165) is 24.8 Å². The highest BCUT2D eigenvalue weighted by Gasteiger charge is 2.39. The molecule has 0 atom stereocenters. The van der Waals surface area contributed by atoms with Gasteiger partial charge < -0.3 is 0 Å². The van der Waals surface area contributed by atoms with E-state index in [2.05, 4.69) is 20.9 Å². The predicted octanol–water partition coefficient (Wildman–Crippen LogP) is 4.43. The lowest BCUT2D eigenvalue weighted by Crippen LogP contribution is -2.32. The first-order valence-electron chi connectivity index (χ1n) is 6.08. The van der Waals surface area contributed by atoms with Crippen LogP contribution in [0.25, 0.3) is 0 Å². The molecule has 0 radical (unpaired) electrons. The van der Waals surface area contributed by atoms with Crippen molar-refractivity contribution in [2.24, 2.45) is 4.99 Å². The zero-order valence-electron chi connectivity index (χ0n) is 10.5. The molecule has 1 aromatic rings. The number of nitrogens with zero attached hydrogens (tertiary/aromatic N) is 1. The lowest BCUT2D eigenvalue weighted by molar-refractivity contribution is 0.255. The second-order valence-corrected chi connectivity index (χ2v) is 5.96. The highest BCUT2D eigenvalue weighted by molar-refractivity contribution is 9.10. The Kier molecular flexibility index (Phi) is 3.69. The fourth-order valence-corrected chi connectivity index (χ4v) is 2.84. The van der Waals surface area contributed by atoms with Crippen molar-refractivity contribution < 1.29 is 9.18 Å². The molecule has 0 N–H and O–H groups in total. The summed E-state index contributed by atoms with van der Waals surface area (Å²) in [4.78, 5) is 14.5. The molecule has 0 bridgehead atoms. The van der Waals surface area contributed by atoms with Crippen LogP contribution in [0.1, 0.15) is 50.2 Å². The number of hydrogen-bond donors (Lipinski definition) is 0. The van der Waals surface area contributed by atoms with Crippen molar-refractivity contribution in [3.05, 3.63) is 33.5 Å². The molecule has 0 heterocycles. The van der Waals surface area contributed by atoms with E-state index in [0.29, 0.717) is 10.0 Å². The standard InChI is InChI=1S/C14H15BrFNO/c1-9(2)11-6-10(7-12(15)13(11)16)14(17-8-18)4-3-5-14/h6-7,9H,3-5H2,1-2H3. The monoisotopic (exact) mass is 311 g/mol. The Hall–Kier alpha value is -0.990. The maximum Gasteiger partial charge on any atom is 0.235 e. The second kappa shape index (κ2) is 4.94. The molecule has 18 heavy (non-hydrogen) atoms. The minimum atomic E-state index is -0.471. The number of hydrogen-bond acceptors (Lipinski definition) is 2. The van der Waals surface area contributed by atoms with Gasteiger partial charge in [0.1, 0.15) is 5.82 Å². The summed E-state index contributed by atoms with van der Waals surface area (Å²) < 4.78 is 14.4. The average molecular weight is 312 g/mol. The molecule has 0 unspecified atom stereocenters. The lowest BCUT2D eigenvalue weighted by Gasteiger charge is -2.37. The van der Waals surface area contributed by atoms with Crippen molar-refractivity contribution in [3.8, 4) is 0 Å². The Labute approximate surface area is 114 Å². The fourth-order valence-electron chi connectivity index (χ4n) is 2.36. The molecule has 0 aliphatic heterocycles. The summed E-state index contributed by atoms with van der Waals surface area (Å²) in [6.45, 7) is 3.90. The van der Waals surface area contributed by atoms with Gasteiger partial charge in [-0.2, -0.15) is 4.99 Å². The molecule has 1 fully saturated rings. The van der Waals surface area contributed by atoms with Crippen molar-refractivity contribution in [1.82, 2.24) is 0 Å². The molecule has 2 nitrogen and oxygen atoms in total. The van der Waals surface area contributed by atoms with E-state index >= 15 is 0 Å².